The standard InChI is InChI=1S/C13H16N2O/c1-16-11-5-3-10(4-6-11)12(15)13(9-14)7-2-8-13/h3-6,12H,2,7-8,15H2,1H3. The van der Waals surface area contributed by atoms with Crippen molar-refractivity contribution in [3.63, 3.8) is 0 Å². The molecule has 1 aliphatic carbocycles. The summed E-state index contributed by atoms with van der Waals surface area (Å²) in [5.41, 5.74) is 6.85. The van der Waals surface area contributed by atoms with Crippen LogP contribution in [0.15, 0.2) is 24.3 Å². The van der Waals surface area contributed by atoms with Crippen LogP contribution in [0.2, 0.25) is 0 Å². The van der Waals surface area contributed by atoms with Crippen LogP contribution >= 0.6 is 0 Å². The highest BCUT2D eigenvalue weighted by Crippen LogP contribution is 2.48. The van der Waals surface area contributed by atoms with Crippen molar-refractivity contribution in [3.8, 4) is 11.8 Å². The van der Waals surface area contributed by atoms with Gasteiger partial charge in [0, 0.05) is 6.04 Å². The first-order chi connectivity index (χ1) is 7.72. The number of hydrogen-bond donors (Lipinski definition) is 1. The molecule has 1 aliphatic rings. The van der Waals surface area contributed by atoms with Gasteiger partial charge >= 0.3 is 0 Å². The van der Waals surface area contributed by atoms with Gasteiger partial charge in [0.2, 0.25) is 0 Å². The largest absolute Gasteiger partial charge is 0.497 e. The average molecular weight is 216 g/mol. The van der Waals surface area contributed by atoms with E-state index in [2.05, 4.69) is 6.07 Å². The molecule has 0 bridgehead atoms. The number of hydrogen-bond acceptors (Lipinski definition) is 3. The molecule has 0 aromatic heterocycles. The minimum Gasteiger partial charge on any atom is -0.497 e. The lowest BCUT2D eigenvalue weighted by Gasteiger charge is -2.40. The number of benzene rings is 1. The number of ether oxygens (including phenoxy) is 1. The van der Waals surface area contributed by atoms with E-state index < -0.39 is 0 Å². The molecule has 2 rings (SSSR count). The second kappa shape index (κ2) is 4.15. The number of rotatable bonds is 3. The van der Waals surface area contributed by atoms with Crippen LogP contribution in [0.25, 0.3) is 0 Å². The predicted molar refractivity (Wildman–Crippen MR) is 61.8 cm³/mol. The van der Waals surface area contributed by atoms with Crippen molar-refractivity contribution in [2.24, 2.45) is 11.1 Å². The lowest BCUT2D eigenvalue weighted by Crippen LogP contribution is -2.39. The molecule has 1 saturated carbocycles. The van der Waals surface area contributed by atoms with E-state index in [-0.39, 0.29) is 11.5 Å². The molecule has 0 amide bonds. The van der Waals surface area contributed by atoms with Crippen molar-refractivity contribution in [1.29, 1.82) is 5.26 Å². The zero-order chi connectivity index (χ0) is 11.6. The highest BCUT2D eigenvalue weighted by molar-refractivity contribution is 5.32. The van der Waals surface area contributed by atoms with Crippen LogP contribution in [-0.2, 0) is 0 Å². The van der Waals surface area contributed by atoms with Crippen molar-refractivity contribution in [1.82, 2.24) is 0 Å². The lowest BCUT2D eigenvalue weighted by molar-refractivity contribution is 0.169. The van der Waals surface area contributed by atoms with Crippen molar-refractivity contribution in [2.45, 2.75) is 25.3 Å². The molecule has 0 spiro atoms. The van der Waals surface area contributed by atoms with E-state index in [4.69, 9.17) is 10.5 Å². The molecular formula is C13H16N2O. The Balaban J connectivity index is 2.20. The molecule has 2 N–H and O–H groups in total. The van der Waals surface area contributed by atoms with Gasteiger partial charge in [-0.2, -0.15) is 5.26 Å². The van der Waals surface area contributed by atoms with E-state index in [1.807, 2.05) is 24.3 Å². The Bertz CT molecular complexity index is 401. The van der Waals surface area contributed by atoms with Crippen LogP contribution in [-0.4, -0.2) is 7.11 Å². The Kier molecular flexibility index (Phi) is 2.84. The van der Waals surface area contributed by atoms with E-state index in [9.17, 15) is 5.26 Å². The summed E-state index contributed by atoms with van der Waals surface area (Å²) in [4.78, 5) is 0. The molecular weight excluding hydrogens is 200 g/mol. The lowest BCUT2D eigenvalue weighted by atomic mass is 9.64. The number of nitrogens with two attached hydrogens (primary N) is 1. The molecule has 1 unspecified atom stereocenters. The summed E-state index contributed by atoms with van der Waals surface area (Å²) in [5.74, 6) is 0.815. The molecule has 84 valence electrons. The van der Waals surface area contributed by atoms with E-state index in [1.54, 1.807) is 7.11 Å². The smallest absolute Gasteiger partial charge is 0.118 e. The minimum atomic E-state index is -0.339. The Morgan fingerprint density at radius 1 is 1.38 bits per heavy atom. The highest BCUT2D eigenvalue weighted by Gasteiger charge is 2.43. The fourth-order valence-electron chi connectivity index (χ4n) is 2.18. The fourth-order valence-corrected chi connectivity index (χ4v) is 2.18. The van der Waals surface area contributed by atoms with Gasteiger partial charge in [0.25, 0.3) is 0 Å². The first-order valence-electron chi connectivity index (χ1n) is 5.53. The fraction of sp³-hybridized carbons (Fsp3) is 0.462. The third-order valence-corrected chi connectivity index (χ3v) is 3.54. The predicted octanol–water partition coefficient (Wildman–Crippen LogP) is 2.39. The van der Waals surface area contributed by atoms with Gasteiger partial charge in [0.05, 0.1) is 18.6 Å². The Morgan fingerprint density at radius 2 is 2.00 bits per heavy atom. The van der Waals surface area contributed by atoms with Crippen LogP contribution in [0, 0.1) is 16.7 Å². The maximum absolute atomic E-state index is 9.21. The van der Waals surface area contributed by atoms with Crippen LogP contribution in [0.5, 0.6) is 5.75 Å². The SMILES string of the molecule is COc1ccc(C(N)C2(C#N)CCC2)cc1. The van der Waals surface area contributed by atoms with Gasteiger partial charge in [0.1, 0.15) is 5.75 Å². The molecule has 3 nitrogen and oxygen atoms in total. The van der Waals surface area contributed by atoms with Gasteiger partial charge in [-0.1, -0.05) is 18.6 Å². The quantitative estimate of drug-likeness (QED) is 0.843. The van der Waals surface area contributed by atoms with Crippen LogP contribution < -0.4 is 10.5 Å². The molecule has 0 aliphatic heterocycles. The van der Waals surface area contributed by atoms with Crippen molar-refractivity contribution in [2.75, 3.05) is 7.11 Å². The molecule has 1 fully saturated rings. The zero-order valence-corrected chi connectivity index (χ0v) is 9.44. The molecule has 0 saturated heterocycles. The first-order valence-corrected chi connectivity index (χ1v) is 5.53. The third-order valence-electron chi connectivity index (χ3n) is 3.54. The minimum absolute atomic E-state index is 0.183. The summed E-state index contributed by atoms with van der Waals surface area (Å²) in [6.07, 6.45) is 2.94. The second-order valence-electron chi connectivity index (χ2n) is 4.37. The van der Waals surface area contributed by atoms with Gasteiger partial charge in [0.15, 0.2) is 0 Å². The summed E-state index contributed by atoms with van der Waals surface area (Å²) >= 11 is 0. The van der Waals surface area contributed by atoms with E-state index in [1.165, 1.54) is 0 Å². The number of nitriles is 1. The van der Waals surface area contributed by atoms with Gasteiger partial charge in [-0.15, -0.1) is 0 Å². The van der Waals surface area contributed by atoms with Crippen molar-refractivity contribution >= 4 is 0 Å². The van der Waals surface area contributed by atoms with Gasteiger partial charge in [-0.05, 0) is 30.5 Å². The summed E-state index contributed by atoms with van der Waals surface area (Å²) in [7, 11) is 1.64. The van der Waals surface area contributed by atoms with Crippen LogP contribution in [0.1, 0.15) is 30.9 Å². The second-order valence-corrected chi connectivity index (χ2v) is 4.37. The van der Waals surface area contributed by atoms with Gasteiger partial charge < -0.3 is 10.5 Å². The number of methoxy groups -OCH3 is 1. The van der Waals surface area contributed by atoms with Gasteiger partial charge in [-0.3, -0.25) is 0 Å². The van der Waals surface area contributed by atoms with Crippen LogP contribution in [0.3, 0.4) is 0 Å². The van der Waals surface area contributed by atoms with E-state index in [0.29, 0.717) is 0 Å². The molecule has 16 heavy (non-hydrogen) atoms. The summed E-state index contributed by atoms with van der Waals surface area (Å²) in [5, 5.41) is 9.21. The summed E-state index contributed by atoms with van der Waals surface area (Å²) < 4.78 is 5.10. The monoisotopic (exact) mass is 216 g/mol. The Morgan fingerprint density at radius 3 is 2.38 bits per heavy atom. The maximum Gasteiger partial charge on any atom is 0.118 e. The third kappa shape index (κ3) is 1.66. The van der Waals surface area contributed by atoms with E-state index in [0.717, 1.165) is 30.6 Å². The maximum atomic E-state index is 9.21. The van der Waals surface area contributed by atoms with Crippen molar-refractivity contribution in [3.05, 3.63) is 29.8 Å². The zero-order valence-electron chi connectivity index (χ0n) is 9.44. The first kappa shape index (κ1) is 11.0. The Labute approximate surface area is 95.8 Å². The molecule has 1 aromatic carbocycles. The van der Waals surface area contributed by atoms with Crippen LogP contribution in [0.4, 0.5) is 0 Å². The molecule has 1 atom stereocenters. The van der Waals surface area contributed by atoms with Crippen molar-refractivity contribution < 1.29 is 4.74 Å². The average Bonchev–Trinajstić information content (AvgIpc) is 2.28. The van der Waals surface area contributed by atoms with E-state index >= 15 is 0 Å². The number of nitrogens with zero attached hydrogens (tertiary/aromatic N) is 1. The summed E-state index contributed by atoms with van der Waals surface area (Å²) in [6, 6.07) is 9.87. The topological polar surface area (TPSA) is 59.0 Å². The normalized spacial score (nSPS) is 19.3. The molecule has 3 heteroatoms. The molecule has 0 radical (unpaired) electrons. The summed E-state index contributed by atoms with van der Waals surface area (Å²) in [6.45, 7) is 0. The highest BCUT2D eigenvalue weighted by atomic mass is 16.5. The molecule has 1 aromatic rings. The molecule has 0 heterocycles. The Hall–Kier alpha value is -1.53. The van der Waals surface area contributed by atoms with Gasteiger partial charge in [-0.25, -0.2) is 0 Å².